The first-order chi connectivity index (χ1) is 6.09. The highest BCUT2D eigenvalue weighted by Gasteiger charge is 2.11. The van der Waals surface area contributed by atoms with Gasteiger partial charge in [0.05, 0.1) is 5.01 Å². The van der Waals surface area contributed by atoms with Gasteiger partial charge in [0.2, 0.25) is 0 Å². The van der Waals surface area contributed by atoms with Crippen molar-refractivity contribution < 1.29 is 0 Å². The number of nitrogens with zero attached hydrogens (tertiary/aromatic N) is 2. The molecule has 70 valence electrons. The van der Waals surface area contributed by atoms with Gasteiger partial charge in [-0.05, 0) is 18.9 Å². The number of aromatic nitrogens is 2. The molecule has 2 nitrogen and oxygen atoms in total. The summed E-state index contributed by atoms with van der Waals surface area (Å²) < 4.78 is 2.25. The lowest BCUT2D eigenvalue weighted by Gasteiger charge is -2.05. The quantitative estimate of drug-likeness (QED) is 0.682. The van der Waals surface area contributed by atoms with Crippen molar-refractivity contribution in [2.24, 2.45) is 7.05 Å². The lowest BCUT2D eigenvalue weighted by Crippen LogP contribution is -1.96. The lowest BCUT2D eigenvalue weighted by molar-refractivity contribution is 0.757. The van der Waals surface area contributed by atoms with Gasteiger partial charge in [-0.3, -0.25) is 0 Å². The van der Waals surface area contributed by atoms with Crippen molar-refractivity contribution in [2.45, 2.75) is 26.7 Å². The molecule has 0 aliphatic rings. The second-order valence-electron chi connectivity index (χ2n) is 3.71. The largest absolute Gasteiger partial charge is 0.338 e. The van der Waals surface area contributed by atoms with Crippen molar-refractivity contribution in [2.75, 3.05) is 0 Å². The summed E-state index contributed by atoms with van der Waals surface area (Å²) in [6, 6.07) is 2.20. The van der Waals surface area contributed by atoms with E-state index in [4.69, 9.17) is 0 Å². The van der Waals surface area contributed by atoms with E-state index in [0.717, 1.165) is 10.5 Å². The van der Waals surface area contributed by atoms with Crippen LogP contribution in [-0.4, -0.2) is 9.55 Å². The van der Waals surface area contributed by atoms with Gasteiger partial charge >= 0.3 is 0 Å². The van der Waals surface area contributed by atoms with E-state index in [2.05, 4.69) is 43.4 Å². The van der Waals surface area contributed by atoms with Crippen LogP contribution in [0.5, 0.6) is 0 Å². The second-order valence-corrected chi connectivity index (χ2v) is 4.89. The molecule has 0 saturated heterocycles. The average molecular weight is 194 g/mol. The predicted molar refractivity (Wildman–Crippen MR) is 57.4 cm³/mol. The van der Waals surface area contributed by atoms with Gasteiger partial charge in [0, 0.05) is 12.7 Å². The number of fused-ring (bicyclic) bond motifs is 1. The highest BCUT2D eigenvalue weighted by atomic mass is 32.1. The maximum Gasteiger partial charge on any atom is 0.123 e. The number of thiazole rings is 1. The number of rotatable bonds is 1. The first-order valence-corrected chi connectivity index (χ1v) is 5.34. The van der Waals surface area contributed by atoms with Crippen LogP contribution in [0.15, 0.2) is 6.07 Å². The molecule has 2 heterocycles. The van der Waals surface area contributed by atoms with Gasteiger partial charge in [0.15, 0.2) is 0 Å². The normalized spacial score (nSPS) is 11.8. The third kappa shape index (κ3) is 1.27. The summed E-state index contributed by atoms with van der Waals surface area (Å²) in [5.74, 6) is 0.576. The van der Waals surface area contributed by atoms with Crippen LogP contribution in [0.25, 0.3) is 10.3 Å². The summed E-state index contributed by atoms with van der Waals surface area (Å²) in [4.78, 5) is 5.77. The standard InChI is InChI=1S/C10H14N2S/c1-6(2)9-5-8-10(12(9)4)13-7(3)11-8/h5-6H,1-4H3. The molecule has 2 aromatic heterocycles. The van der Waals surface area contributed by atoms with E-state index in [-0.39, 0.29) is 0 Å². The van der Waals surface area contributed by atoms with Gasteiger partial charge in [0.1, 0.15) is 10.3 Å². The summed E-state index contributed by atoms with van der Waals surface area (Å²) in [7, 11) is 2.12. The molecule has 0 aliphatic heterocycles. The highest BCUT2D eigenvalue weighted by Crippen LogP contribution is 2.27. The molecule has 0 aliphatic carbocycles. The number of hydrogen-bond donors (Lipinski definition) is 0. The zero-order chi connectivity index (χ0) is 9.59. The van der Waals surface area contributed by atoms with Crippen molar-refractivity contribution >= 4 is 21.7 Å². The first kappa shape index (κ1) is 8.75. The fourth-order valence-corrected chi connectivity index (χ4v) is 2.55. The highest BCUT2D eigenvalue weighted by molar-refractivity contribution is 7.18. The van der Waals surface area contributed by atoms with Crippen LogP contribution >= 0.6 is 11.3 Å². The van der Waals surface area contributed by atoms with Crippen LogP contribution in [0.2, 0.25) is 0 Å². The third-order valence-electron chi connectivity index (χ3n) is 2.31. The van der Waals surface area contributed by atoms with E-state index in [1.54, 1.807) is 11.3 Å². The van der Waals surface area contributed by atoms with Gasteiger partial charge in [-0.1, -0.05) is 13.8 Å². The molecule has 3 heteroatoms. The van der Waals surface area contributed by atoms with Crippen LogP contribution in [-0.2, 0) is 7.05 Å². The van der Waals surface area contributed by atoms with E-state index in [1.165, 1.54) is 10.5 Å². The maximum atomic E-state index is 4.47. The minimum atomic E-state index is 0.576. The van der Waals surface area contributed by atoms with Gasteiger partial charge in [-0.25, -0.2) is 4.98 Å². The smallest absolute Gasteiger partial charge is 0.123 e. The molecule has 0 aromatic carbocycles. The van der Waals surface area contributed by atoms with Crippen molar-refractivity contribution in [3.63, 3.8) is 0 Å². The summed E-state index contributed by atoms with van der Waals surface area (Å²) >= 11 is 1.77. The summed E-state index contributed by atoms with van der Waals surface area (Å²) in [5, 5.41) is 1.15. The Bertz CT molecular complexity index is 437. The van der Waals surface area contributed by atoms with E-state index >= 15 is 0 Å². The van der Waals surface area contributed by atoms with Crippen LogP contribution < -0.4 is 0 Å². The van der Waals surface area contributed by atoms with Crippen molar-refractivity contribution in [1.82, 2.24) is 9.55 Å². The van der Waals surface area contributed by atoms with Crippen molar-refractivity contribution in [3.05, 3.63) is 16.8 Å². The fourth-order valence-electron chi connectivity index (χ4n) is 1.67. The van der Waals surface area contributed by atoms with E-state index < -0.39 is 0 Å². The fraction of sp³-hybridized carbons (Fsp3) is 0.500. The molecule has 0 saturated carbocycles. The number of aryl methyl sites for hydroxylation is 2. The van der Waals surface area contributed by atoms with Crippen molar-refractivity contribution in [1.29, 1.82) is 0 Å². The summed E-state index contributed by atoms with van der Waals surface area (Å²) in [5.41, 5.74) is 2.52. The Labute approximate surface area is 82.2 Å². The predicted octanol–water partition coefficient (Wildman–Crippen LogP) is 3.07. The minimum absolute atomic E-state index is 0.576. The first-order valence-electron chi connectivity index (χ1n) is 4.52. The van der Waals surface area contributed by atoms with E-state index in [0.29, 0.717) is 5.92 Å². The Kier molecular flexibility index (Phi) is 1.91. The Balaban J connectivity index is 2.69. The molecule has 2 rings (SSSR count). The van der Waals surface area contributed by atoms with Crippen LogP contribution in [0.1, 0.15) is 30.5 Å². The summed E-state index contributed by atoms with van der Waals surface area (Å²) in [6.45, 7) is 6.48. The Morgan fingerprint density at radius 1 is 1.46 bits per heavy atom. The maximum absolute atomic E-state index is 4.47. The van der Waals surface area contributed by atoms with Crippen LogP contribution in [0, 0.1) is 6.92 Å². The van der Waals surface area contributed by atoms with Crippen LogP contribution in [0.3, 0.4) is 0 Å². The molecule has 13 heavy (non-hydrogen) atoms. The topological polar surface area (TPSA) is 17.8 Å². The summed E-state index contributed by atoms with van der Waals surface area (Å²) in [6.07, 6.45) is 0. The third-order valence-corrected chi connectivity index (χ3v) is 3.37. The molecule has 0 radical (unpaired) electrons. The molecule has 0 N–H and O–H groups in total. The Hall–Kier alpha value is -0.830. The Morgan fingerprint density at radius 3 is 2.69 bits per heavy atom. The van der Waals surface area contributed by atoms with E-state index in [9.17, 15) is 0 Å². The Morgan fingerprint density at radius 2 is 2.15 bits per heavy atom. The number of hydrogen-bond acceptors (Lipinski definition) is 2. The SMILES string of the molecule is Cc1nc2cc(C(C)C)n(C)c2s1. The van der Waals surface area contributed by atoms with Gasteiger partial charge in [-0.2, -0.15) is 0 Å². The van der Waals surface area contributed by atoms with Crippen LogP contribution in [0.4, 0.5) is 0 Å². The molecule has 0 spiro atoms. The zero-order valence-corrected chi connectivity index (χ0v) is 9.27. The van der Waals surface area contributed by atoms with Gasteiger partial charge < -0.3 is 4.57 Å². The molecule has 0 amide bonds. The molecule has 0 unspecified atom stereocenters. The van der Waals surface area contributed by atoms with Gasteiger partial charge in [-0.15, -0.1) is 11.3 Å². The van der Waals surface area contributed by atoms with E-state index in [1.807, 2.05) is 0 Å². The average Bonchev–Trinajstić information content (AvgIpc) is 2.51. The molecule has 0 atom stereocenters. The van der Waals surface area contributed by atoms with Crippen molar-refractivity contribution in [3.8, 4) is 0 Å². The molecule has 0 bridgehead atoms. The molecular formula is C10H14N2S. The van der Waals surface area contributed by atoms with Gasteiger partial charge in [0.25, 0.3) is 0 Å². The minimum Gasteiger partial charge on any atom is -0.338 e. The lowest BCUT2D eigenvalue weighted by atomic mass is 10.1. The molecule has 2 aromatic rings. The molecule has 0 fully saturated rings. The zero-order valence-electron chi connectivity index (χ0n) is 8.46. The monoisotopic (exact) mass is 194 g/mol. The second kappa shape index (κ2) is 2.84. The molecular weight excluding hydrogens is 180 g/mol.